The zero-order chi connectivity index (χ0) is 24.9. The molecule has 1 fully saturated rings. The Hall–Kier alpha value is -3.18. The lowest BCUT2D eigenvalue weighted by Gasteiger charge is -2.31. The van der Waals surface area contributed by atoms with Crippen LogP contribution in [0.4, 0.5) is 0 Å². The molecule has 0 bridgehead atoms. The maximum atomic E-state index is 13.0. The summed E-state index contributed by atoms with van der Waals surface area (Å²) in [6, 6.07) is 15.7. The molecule has 0 aliphatic heterocycles. The minimum atomic E-state index is 0.0110. The van der Waals surface area contributed by atoms with Gasteiger partial charge in [-0.05, 0) is 68.5 Å². The van der Waals surface area contributed by atoms with Gasteiger partial charge in [0, 0.05) is 24.5 Å². The van der Waals surface area contributed by atoms with Gasteiger partial charge < -0.3 is 10.2 Å². The third-order valence-corrected chi connectivity index (χ3v) is 7.68. The normalized spacial score (nSPS) is 16.5. The highest BCUT2D eigenvalue weighted by Crippen LogP contribution is 2.31. The van der Waals surface area contributed by atoms with Gasteiger partial charge in [0.15, 0.2) is 0 Å². The Bertz CT molecular complexity index is 1260. The average molecular weight is 483 g/mol. The molecule has 1 N–H and O–H groups in total. The Morgan fingerprint density at radius 3 is 2.58 bits per heavy atom. The van der Waals surface area contributed by atoms with E-state index in [-0.39, 0.29) is 12.5 Å². The maximum absolute atomic E-state index is 13.0. The molecule has 2 aromatic carbocycles. The van der Waals surface area contributed by atoms with Gasteiger partial charge in [-0.25, -0.2) is 0 Å². The summed E-state index contributed by atoms with van der Waals surface area (Å²) in [4.78, 5) is 15.4. The third-order valence-electron chi connectivity index (χ3n) is 7.68. The molecule has 5 nitrogen and oxygen atoms in total. The first kappa shape index (κ1) is 24.5. The molecule has 2 aliphatic carbocycles. The first-order valence-electron chi connectivity index (χ1n) is 13.5. The van der Waals surface area contributed by atoms with E-state index in [0.29, 0.717) is 12.6 Å². The minimum Gasteiger partial charge on any atom is -0.353 e. The number of allylic oxidation sites excluding steroid dienone is 4. The summed E-state index contributed by atoms with van der Waals surface area (Å²) in [5, 5.41) is 9.17. The summed E-state index contributed by atoms with van der Waals surface area (Å²) in [5.41, 5.74) is 6.65. The van der Waals surface area contributed by atoms with Crippen molar-refractivity contribution in [3.05, 3.63) is 72.0 Å². The second-order valence-electron chi connectivity index (χ2n) is 10.4. The number of rotatable bonds is 8. The summed E-state index contributed by atoms with van der Waals surface area (Å²) in [6.07, 6.45) is 15.3. The molecule has 0 spiro atoms. The Morgan fingerprint density at radius 1 is 1.06 bits per heavy atom. The molecule has 2 aliphatic rings. The van der Waals surface area contributed by atoms with Crippen LogP contribution < -0.4 is 5.32 Å². The summed E-state index contributed by atoms with van der Waals surface area (Å²) < 4.78 is 1.88. The van der Waals surface area contributed by atoms with E-state index in [0.717, 1.165) is 47.1 Å². The highest BCUT2D eigenvalue weighted by molar-refractivity contribution is 5.96. The molecule has 0 atom stereocenters. The zero-order valence-corrected chi connectivity index (χ0v) is 21.7. The predicted molar refractivity (Wildman–Crippen MR) is 149 cm³/mol. The van der Waals surface area contributed by atoms with E-state index in [1.54, 1.807) is 0 Å². The SMILES string of the molecule is Cc1ccc(-c2ccc3c(C4=CCCC=C4)nn(CC(=O)NCCN(C)C4CCCCC4)c3c2)cc1. The van der Waals surface area contributed by atoms with Crippen LogP contribution in [-0.4, -0.2) is 46.8 Å². The quantitative estimate of drug-likeness (QED) is 0.420. The Labute approximate surface area is 214 Å². The zero-order valence-electron chi connectivity index (χ0n) is 21.7. The third kappa shape index (κ3) is 5.62. The van der Waals surface area contributed by atoms with Crippen molar-refractivity contribution in [3.8, 4) is 11.1 Å². The van der Waals surface area contributed by atoms with Crippen molar-refractivity contribution in [2.45, 2.75) is 64.5 Å². The number of likely N-dealkylation sites (N-methyl/N-ethyl adjacent to an activating group) is 1. The van der Waals surface area contributed by atoms with Crippen molar-refractivity contribution < 1.29 is 4.79 Å². The summed E-state index contributed by atoms with van der Waals surface area (Å²) in [7, 11) is 2.19. The minimum absolute atomic E-state index is 0.0110. The molecule has 5 heteroatoms. The molecular weight excluding hydrogens is 444 g/mol. The highest BCUT2D eigenvalue weighted by atomic mass is 16.2. The van der Waals surface area contributed by atoms with Gasteiger partial charge in [0.05, 0.1) is 11.2 Å². The van der Waals surface area contributed by atoms with Crippen molar-refractivity contribution >= 4 is 22.4 Å². The molecule has 3 aromatic rings. The second kappa shape index (κ2) is 11.3. The van der Waals surface area contributed by atoms with E-state index in [1.807, 2.05) is 4.68 Å². The molecule has 188 valence electrons. The first-order valence-corrected chi connectivity index (χ1v) is 13.5. The van der Waals surface area contributed by atoms with Crippen molar-refractivity contribution in [2.24, 2.45) is 0 Å². The Kier molecular flexibility index (Phi) is 7.66. The monoisotopic (exact) mass is 482 g/mol. The number of nitrogens with one attached hydrogen (secondary N) is 1. The second-order valence-corrected chi connectivity index (χ2v) is 10.4. The van der Waals surface area contributed by atoms with Gasteiger partial charge in [0.25, 0.3) is 0 Å². The average Bonchev–Trinajstić information content (AvgIpc) is 3.27. The Morgan fingerprint density at radius 2 is 1.83 bits per heavy atom. The highest BCUT2D eigenvalue weighted by Gasteiger charge is 2.19. The van der Waals surface area contributed by atoms with Gasteiger partial charge in [-0.1, -0.05) is 73.4 Å². The van der Waals surface area contributed by atoms with Gasteiger partial charge in [-0.3, -0.25) is 9.48 Å². The number of amides is 1. The lowest BCUT2D eigenvalue weighted by molar-refractivity contribution is -0.121. The van der Waals surface area contributed by atoms with Crippen LogP contribution in [-0.2, 0) is 11.3 Å². The van der Waals surface area contributed by atoms with Crippen molar-refractivity contribution in [2.75, 3.05) is 20.1 Å². The van der Waals surface area contributed by atoms with Crippen LogP contribution in [0.25, 0.3) is 27.6 Å². The molecule has 0 saturated heterocycles. The number of nitrogens with zero attached hydrogens (tertiary/aromatic N) is 3. The fourth-order valence-corrected chi connectivity index (χ4v) is 5.49. The van der Waals surface area contributed by atoms with Gasteiger partial charge in [0.1, 0.15) is 6.54 Å². The first-order chi connectivity index (χ1) is 17.6. The number of carbonyl (C=O) groups excluding carboxylic acids is 1. The van der Waals surface area contributed by atoms with E-state index in [9.17, 15) is 4.79 Å². The molecular formula is C31H38N4O. The number of carbonyl (C=O) groups is 1. The number of fused-ring (bicyclic) bond motifs is 1. The van der Waals surface area contributed by atoms with E-state index in [4.69, 9.17) is 5.10 Å². The largest absolute Gasteiger partial charge is 0.353 e. The van der Waals surface area contributed by atoms with E-state index in [1.165, 1.54) is 43.2 Å². The molecule has 5 rings (SSSR count). The fraction of sp³-hybridized carbons (Fsp3) is 0.419. The van der Waals surface area contributed by atoms with Gasteiger partial charge in [0.2, 0.25) is 5.91 Å². The van der Waals surface area contributed by atoms with E-state index < -0.39 is 0 Å². The molecule has 36 heavy (non-hydrogen) atoms. The van der Waals surface area contributed by atoms with Crippen molar-refractivity contribution in [3.63, 3.8) is 0 Å². The fourth-order valence-electron chi connectivity index (χ4n) is 5.49. The van der Waals surface area contributed by atoms with Crippen molar-refractivity contribution in [1.82, 2.24) is 20.0 Å². The van der Waals surface area contributed by atoms with E-state index in [2.05, 4.69) is 84.9 Å². The molecule has 0 unspecified atom stereocenters. The Balaban J connectivity index is 1.35. The summed E-state index contributed by atoms with van der Waals surface area (Å²) >= 11 is 0. The topological polar surface area (TPSA) is 50.2 Å². The number of aryl methyl sites for hydroxylation is 1. The lowest BCUT2D eigenvalue weighted by Crippen LogP contribution is -2.40. The van der Waals surface area contributed by atoms with Crippen LogP contribution >= 0.6 is 0 Å². The number of hydrogen-bond acceptors (Lipinski definition) is 3. The number of aromatic nitrogens is 2. The van der Waals surface area contributed by atoms with Gasteiger partial charge in [-0.2, -0.15) is 5.10 Å². The van der Waals surface area contributed by atoms with Crippen LogP contribution in [0, 0.1) is 6.92 Å². The number of hydrogen-bond donors (Lipinski definition) is 1. The van der Waals surface area contributed by atoms with Gasteiger partial charge >= 0.3 is 0 Å². The van der Waals surface area contributed by atoms with Crippen LogP contribution in [0.15, 0.2) is 60.7 Å². The number of benzene rings is 2. The van der Waals surface area contributed by atoms with Crippen LogP contribution in [0.2, 0.25) is 0 Å². The van der Waals surface area contributed by atoms with E-state index >= 15 is 0 Å². The summed E-state index contributed by atoms with van der Waals surface area (Å²) in [6.45, 7) is 3.88. The van der Waals surface area contributed by atoms with Crippen LogP contribution in [0.3, 0.4) is 0 Å². The van der Waals surface area contributed by atoms with Gasteiger partial charge in [-0.15, -0.1) is 0 Å². The lowest BCUT2D eigenvalue weighted by atomic mass is 9.94. The van der Waals surface area contributed by atoms with Crippen LogP contribution in [0.1, 0.15) is 56.2 Å². The standard InChI is InChI=1S/C31H38N4O/c1-23-13-15-24(16-14-23)26-17-18-28-29(21-26)35(33-31(28)25-9-5-3-6-10-25)22-30(36)32-19-20-34(2)27-11-7-4-8-12-27/h5,9-10,13-18,21,27H,3-4,6-8,11-12,19-20,22H2,1-2H3,(H,32,36). The van der Waals surface area contributed by atoms with Crippen molar-refractivity contribution in [1.29, 1.82) is 0 Å². The molecule has 1 heterocycles. The van der Waals surface area contributed by atoms with Crippen LogP contribution in [0.5, 0.6) is 0 Å². The molecule has 0 radical (unpaired) electrons. The molecule has 1 aromatic heterocycles. The summed E-state index contributed by atoms with van der Waals surface area (Å²) in [5.74, 6) is 0.0110. The predicted octanol–water partition coefficient (Wildman–Crippen LogP) is 6.13. The molecule has 1 amide bonds. The smallest absolute Gasteiger partial charge is 0.241 e. The maximum Gasteiger partial charge on any atom is 0.241 e. The molecule has 1 saturated carbocycles.